The van der Waals surface area contributed by atoms with Crippen molar-refractivity contribution < 1.29 is 22.7 Å². The zero-order chi connectivity index (χ0) is 19.2. The van der Waals surface area contributed by atoms with Gasteiger partial charge in [-0.3, -0.25) is 9.59 Å². The summed E-state index contributed by atoms with van der Waals surface area (Å²) < 4.78 is 31.7. The number of nitriles is 1. The molecule has 0 unspecified atom stereocenters. The van der Waals surface area contributed by atoms with Crippen molar-refractivity contribution in [2.45, 2.75) is 37.1 Å². The molecule has 0 aromatic heterocycles. The molecule has 8 nitrogen and oxygen atoms in total. The topological polar surface area (TPSA) is 117 Å². The van der Waals surface area contributed by atoms with Crippen LogP contribution in [0.2, 0.25) is 0 Å². The van der Waals surface area contributed by atoms with Crippen LogP contribution in [0.25, 0.3) is 0 Å². The lowest BCUT2D eigenvalue weighted by atomic mass is 10.2. The molecule has 9 heteroatoms. The van der Waals surface area contributed by atoms with E-state index >= 15 is 0 Å². The van der Waals surface area contributed by atoms with Crippen molar-refractivity contribution in [2.75, 3.05) is 19.7 Å². The molecule has 0 spiro atoms. The van der Waals surface area contributed by atoms with Gasteiger partial charge in [-0.2, -0.15) is 9.57 Å². The lowest BCUT2D eigenvalue weighted by Gasteiger charge is -2.22. The van der Waals surface area contributed by atoms with Crippen LogP contribution >= 0.6 is 0 Å². The third kappa shape index (κ3) is 4.80. The molecular formula is C17H21N3O5S. The second kappa shape index (κ2) is 8.78. The first-order chi connectivity index (χ1) is 12.4. The predicted octanol–water partition coefficient (Wildman–Crippen LogP) is 0.721. The van der Waals surface area contributed by atoms with Crippen LogP contribution in [0.4, 0.5) is 0 Å². The minimum Gasteiger partial charge on any atom is -0.454 e. The van der Waals surface area contributed by atoms with Crippen molar-refractivity contribution in [1.82, 2.24) is 9.62 Å². The quantitative estimate of drug-likeness (QED) is 0.551. The van der Waals surface area contributed by atoms with Crippen LogP contribution in [-0.2, 0) is 24.3 Å². The number of nitrogens with one attached hydrogen (secondary N) is 1. The molecule has 2 rings (SSSR count). The van der Waals surface area contributed by atoms with Crippen molar-refractivity contribution in [3.8, 4) is 6.07 Å². The largest absolute Gasteiger partial charge is 0.454 e. The summed E-state index contributed by atoms with van der Waals surface area (Å²) in [6.07, 6.45) is 1.05. The Labute approximate surface area is 152 Å². The van der Waals surface area contributed by atoms with Crippen LogP contribution in [0.15, 0.2) is 29.2 Å². The van der Waals surface area contributed by atoms with E-state index in [0.717, 1.165) is 9.87 Å². The zero-order valence-electron chi connectivity index (χ0n) is 14.5. The van der Waals surface area contributed by atoms with Gasteiger partial charge in [0.25, 0.3) is 5.91 Å². The average Bonchev–Trinajstić information content (AvgIpc) is 3.11. The highest BCUT2D eigenvalue weighted by Crippen LogP contribution is 2.27. The Balaban J connectivity index is 2.00. The molecule has 0 bridgehead atoms. The summed E-state index contributed by atoms with van der Waals surface area (Å²) in [5, 5.41) is 10.8. The monoisotopic (exact) mass is 379 g/mol. The van der Waals surface area contributed by atoms with E-state index in [9.17, 15) is 18.0 Å². The van der Waals surface area contributed by atoms with Crippen molar-refractivity contribution in [2.24, 2.45) is 0 Å². The first kappa shape index (κ1) is 19.9. The molecule has 0 aliphatic carbocycles. The van der Waals surface area contributed by atoms with Gasteiger partial charge in [-0.05, 0) is 31.9 Å². The molecule has 1 aromatic rings. The molecule has 26 heavy (non-hydrogen) atoms. The summed E-state index contributed by atoms with van der Waals surface area (Å²) in [6.45, 7) is 1.75. The lowest BCUT2D eigenvalue weighted by Crippen LogP contribution is -2.42. The van der Waals surface area contributed by atoms with E-state index in [0.29, 0.717) is 12.8 Å². The van der Waals surface area contributed by atoms with Gasteiger partial charge in [-0.15, -0.1) is 0 Å². The summed E-state index contributed by atoms with van der Waals surface area (Å²) >= 11 is 0. The number of amides is 1. The first-order valence-corrected chi connectivity index (χ1v) is 9.69. The molecule has 1 N–H and O–H groups in total. The highest BCUT2D eigenvalue weighted by atomic mass is 32.2. The van der Waals surface area contributed by atoms with Gasteiger partial charge in [0.2, 0.25) is 10.0 Å². The smallest absolute Gasteiger partial charge is 0.324 e. The Morgan fingerprint density at radius 1 is 1.35 bits per heavy atom. The maximum atomic E-state index is 12.8. The van der Waals surface area contributed by atoms with E-state index in [1.54, 1.807) is 12.1 Å². The standard InChI is InChI=1S/C17H21N3O5S/c1-13-5-7-14(8-6-13)26(23,24)20-11-2-4-15(20)17(22)25-12-16(21)19-10-3-9-18/h5-8,15H,2-4,10-12H2,1H3,(H,19,21)/t15-/m0/s1. The average molecular weight is 379 g/mol. The number of carbonyl (C=O) groups excluding carboxylic acids is 2. The van der Waals surface area contributed by atoms with E-state index in [2.05, 4.69) is 5.32 Å². The predicted molar refractivity (Wildman–Crippen MR) is 92.3 cm³/mol. The summed E-state index contributed by atoms with van der Waals surface area (Å²) in [5.74, 6) is -1.27. The number of esters is 1. The van der Waals surface area contributed by atoms with Gasteiger partial charge >= 0.3 is 5.97 Å². The Bertz CT molecular complexity index is 799. The van der Waals surface area contributed by atoms with Gasteiger partial charge in [0.1, 0.15) is 6.04 Å². The Kier molecular flexibility index (Phi) is 6.71. The van der Waals surface area contributed by atoms with E-state index in [1.165, 1.54) is 12.1 Å². The highest BCUT2D eigenvalue weighted by molar-refractivity contribution is 7.89. The SMILES string of the molecule is Cc1ccc(S(=O)(=O)N2CCC[C@H]2C(=O)OCC(=O)NCCC#N)cc1. The fraction of sp³-hybridized carbons (Fsp3) is 0.471. The third-order valence-electron chi connectivity index (χ3n) is 4.01. The molecular weight excluding hydrogens is 358 g/mol. The van der Waals surface area contributed by atoms with Gasteiger partial charge in [0.05, 0.1) is 17.4 Å². The number of aryl methyl sites for hydroxylation is 1. The molecule has 1 aromatic carbocycles. The number of nitrogens with zero attached hydrogens (tertiary/aromatic N) is 2. The lowest BCUT2D eigenvalue weighted by molar-refractivity contribution is -0.151. The number of hydrogen-bond acceptors (Lipinski definition) is 6. The summed E-state index contributed by atoms with van der Waals surface area (Å²) in [4.78, 5) is 23.9. The number of benzene rings is 1. The van der Waals surface area contributed by atoms with E-state index in [4.69, 9.17) is 10.00 Å². The van der Waals surface area contributed by atoms with Crippen LogP contribution in [0.3, 0.4) is 0 Å². The minimum absolute atomic E-state index is 0.122. The maximum absolute atomic E-state index is 12.8. The molecule has 1 saturated heterocycles. The molecule has 1 fully saturated rings. The molecule has 1 amide bonds. The fourth-order valence-electron chi connectivity index (χ4n) is 2.65. The summed E-state index contributed by atoms with van der Waals surface area (Å²) in [7, 11) is -3.81. The Morgan fingerprint density at radius 2 is 2.04 bits per heavy atom. The van der Waals surface area contributed by atoms with Crippen molar-refractivity contribution in [3.63, 3.8) is 0 Å². The molecule has 1 aliphatic heterocycles. The van der Waals surface area contributed by atoms with Gasteiger partial charge in [0, 0.05) is 13.1 Å². The van der Waals surface area contributed by atoms with Crippen molar-refractivity contribution in [1.29, 1.82) is 5.26 Å². The first-order valence-electron chi connectivity index (χ1n) is 8.25. The molecule has 0 radical (unpaired) electrons. The normalized spacial score (nSPS) is 17.5. The fourth-order valence-corrected chi connectivity index (χ4v) is 4.30. The number of ether oxygens (including phenoxy) is 1. The number of hydrogen-bond donors (Lipinski definition) is 1. The molecule has 0 saturated carbocycles. The van der Waals surface area contributed by atoms with Crippen LogP contribution in [0.1, 0.15) is 24.8 Å². The second-order valence-corrected chi connectivity index (χ2v) is 7.84. The van der Waals surface area contributed by atoms with Crippen LogP contribution in [0.5, 0.6) is 0 Å². The van der Waals surface area contributed by atoms with Gasteiger partial charge in [0.15, 0.2) is 6.61 Å². The maximum Gasteiger partial charge on any atom is 0.324 e. The van der Waals surface area contributed by atoms with Crippen LogP contribution in [0, 0.1) is 18.3 Å². The summed E-state index contributed by atoms with van der Waals surface area (Å²) in [6, 6.07) is 7.35. The van der Waals surface area contributed by atoms with E-state index < -0.39 is 34.5 Å². The summed E-state index contributed by atoms with van der Waals surface area (Å²) in [5.41, 5.74) is 0.934. The third-order valence-corrected chi connectivity index (χ3v) is 5.93. The Morgan fingerprint density at radius 3 is 2.69 bits per heavy atom. The molecule has 1 atom stereocenters. The molecule has 1 heterocycles. The minimum atomic E-state index is -3.81. The van der Waals surface area contributed by atoms with Crippen molar-refractivity contribution >= 4 is 21.9 Å². The number of sulfonamides is 1. The molecule has 1 aliphatic rings. The van der Waals surface area contributed by atoms with Crippen LogP contribution in [-0.4, -0.2) is 50.3 Å². The Hall–Kier alpha value is -2.44. The van der Waals surface area contributed by atoms with Crippen molar-refractivity contribution in [3.05, 3.63) is 29.8 Å². The molecule has 140 valence electrons. The van der Waals surface area contributed by atoms with Crippen LogP contribution < -0.4 is 5.32 Å². The van der Waals surface area contributed by atoms with Gasteiger partial charge in [-0.1, -0.05) is 17.7 Å². The van der Waals surface area contributed by atoms with Gasteiger partial charge in [-0.25, -0.2) is 8.42 Å². The van der Waals surface area contributed by atoms with Gasteiger partial charge < -0.3 is 10.1 Å². The van der Waals surface area contributed by atoms with E-state index in [1.807, 2.05) is 13.0 Å². The number of carbonyl (C=O) groups is 2. The second-order valence-electron chi connectivity index (χ2n) is 5.95. The number of rotatable bonds is 7. The highest BCUT2D eigenvalue weighted by Gasteiger charge is 2.40. The van der Waals surface area contributed by atoms with E-state index in [-0.39, 0.29) is 24.4 Å². The zero-order valence-corrected chi connectivity index (χ0v) is 15.3.